The second kappa shape index (κ2) is 7.24. The van der Waals surface area contributed by atoms with Crippen molar-refractivity contribution in [1.29, 1.82) is 0 Å². The van der Waals surface area contributed by atoms with Crippen LogP contribution in [-0.2, 0) is 0 Å². The topological polar surface area (TPSA) is 29.3 Å². The molecule has 0 amide bonds. The molecule has 3 heteroatoms. The van der Waals surface area contributed by atoms with Crippen LogP contribution >= 0.6 is 0 Å². The van der Waals surface area contributed by atoms with Crippen molar-refractivity contribution < 1.29 is 4.39 Å². The molecule has 0 unspecified atom stereocenters. The van der Waals surface area contributed by atoms with E-state index in [0.29, 0.717) is 11.3 Å². The van der Waals surface area contributed by atoms with E-state index in [-0.39, 0.29) is 5.82 Å². The number of halogens is 1. The average molecular weight is 252 g/mol. The molecule has 0 bridgehead atoms. The Labute approximate surface area is 110 Å². The fourth-order valence-electron chi connectivity index (χ4n) is 2.02. The van der Waals surface area contributed by atoms with E-state index in [1.165, 1.54) is 0 Å². The van der Waals surface area contributed by atoms with Crippen LogP contribution in [0.4, 0.5) is 15.8 Å². The molecule has 0 heterocycles. The Balaban J connectivity index is 2.93. The quantitative estimate of drug-likeness (QED) is 0.739. The lowest BCUT2D eigenvalue weighted by Crippen LogP contribution is -2.26. The summed E-state index contributed by atoms with van der Waals surface area (Å²) in [7, 11) is 0. The van der Waals surface area contributed by atoms with E-state index < -0.39 is 0 Å². The summed E-state index contributed by atoms with van der Waals surface area (Å²) in [5, 5.41) is 0. The number of hydrogen-bond donors (Lipinski definition) is 1. The Morgan fingerprint density at radius 3 is 2.17 bits per heavy atom. The first-order valence-corrected chi connectivity index (χ1v) is 6.91. The highest BCUT2D eigenvalue weighted by atomic mass is 19.1. The van der Waals surface area contributed by atoms with Crippen molar-refractivity contribution in [2.24, 2.45) is 0 Å². The molecule has 0 saturated carbocycles. The number of nitrogens with two attached hydrogens (primary N) is 1. The molecular weight excluding hydrogens is 227 g/mol. The molecule has 2 nitrogen and oxygen atoms in total. The number of benzene rings is 1. The number of nitrogen functional groups attached to an aromatic ring is 1. The number of hydrogen-bond acceptors (Lipinski definition) is 2. The number of rotatable bonds is 7. The van der Waals surface area contributed by atoms with Gasteiger partial charge >= 0.3 is 0 Å². The maximum atomic E-state index is 13.8. The second-order valence-electron chi connectivity index (χ2n) is 4.82. The smallest absolute Gasteiger partial charge is 0.151 e. The first kappa shape index (κ1) is 14.8. The Morgan fingerprint density at radius 2 is 1.67 bits per heavy atom. The molecule has 0 fully saturated rings. The third kappa shape index (κ3) is 3.62. The van der Waals surface area contributed by atoms with E-state index in [4.69, 9.17) is 5.73 Å². The van der Waals surface area contributed by atoms with Gasteiger partial charge in [-0.25, -0.2) is 4.39 Å². The van der Waals surface area contributed by atoms with Crippen LogP contribution in [0.25, 0.3) is 0 Å². The lowest BCUT2D eigenvalue weighted by atomic mass is 10.1. The van der Waals surface area contributed by atoms with Gasteiger partial charge in [-0.1, -0.05) is 32.8 Å². The fraction of sp³-hybridized carbons (Fsp3) is 0.600. The number of nitrogens with zero attached hydrogens (tertiary/aromatic N) is 1. The molecule has 0 spiro atoms. The first-order chi connectivity index (χ1) is 8.61. The number of anilines is 2. The molecule has 0 aliphatic rings. The minimum absolute atomic E-state index is 0.273. The second-order valence-corrected chi connectivity index (χ2v) is 4.82. The standard InChI is InChI=1S/C15H25FN2/c1-4-6-10-18(11-7-5-2)13-9-8-12(3)14(16)15(13)17/h8-9H,4-7,10-11,17H2,1-3H3. The Morgan fingerprint density at radius 1 is 1.11 bits per heavy atom. The zero-order valence-corrected chi connectivity index (χ0v) is 11.8. The Kier molecular flexibility index (Phi) is 5.96. The van der Waals surface area contributed by atoms with Gasteiger partial charge in [0, 0.05) is 13.1 Å². The molecule has 1 aromatic carbocycles. The van der Waals surface area contributed by atoms with Gasteiger partial charge in [-0.2, -0.15) is 0 Å². The largest absolute Gasteiger partial charge is 0.395 e. The van der Waals surface area contributed by atoms with E-state index in [1.807, 2.05) is 12.1 Å². The molecule has 1 rings (SSSR count). The summed E-state index contributed by atoms with van der Waals surface area (Å²) in [6.45, 7) is 7.97. The van der Waals surface area contributed by atoms with Gasteiger partial charge in [-0.3, -0.25) is 0 Å². The van der Waals surface area contributed by atoms with Crippen LogP contribution in [0.5, 0.6) is 0 Å². The zero-order chi connectivity index (χ0) is 13.5. The predicted molar refractivity (Wildman–Crippen MR) is 77.6 cm³/mol. The summed E-state index contributed by atoms with van der Waals surface area (Å²) in [6.07, 6.45) is 4.49. The summed E-state index contributed by atoms with van der Waals surface area (Å²) in [5.41, 5.74) is 7.67. The highest BCUT2D eigenvalue weighted by Gasteiger charge is 2.13. The molecule has 0 aromatic heterocycles. The molecular formula is C15H25FN2. The van der Waals surface area contributed by atoms with Crippen molar-refractivity contribution in [2.45, 2.75) is 46.5 Å². The Hall–Kier alpha value is -1.25. The molecule has 0 aliphatic heterocycles. The molecule has 0 saturated heterocycles. The van der Waals surface area contributed by atoms with Crippen molar-refractivity contribution in [3.05, 3.63) is 23.5 Å². The van der Waals surface area contributed by atoms with Crippen LogP contribution in [-0.4, -0.2) is 13.1 Å². The van der Waals surface area contributed by atoms with E-state index >= 15 is 0 Å². The van der Waals surface area contributed by atoms with E-state index in [2.05, 4.69) is 18.7 Å². The van der Waals surface area contributed by atoms with Crippen LogP contribution in [0.1, 0.15) is 45.1 Å². The third-order valence-corrected chi connectivity index (χ3v) is 3.25. The molecule has 0 aliphatic carbocycles. The molecule has 0 radical (unpaired) electrons. The van der Waals surface area contributed by atoms with Crippen LogP contribution < -0.4 is 10.6 Å². The van der Waals surface area contributed by atoms with Crippen molar-refractivity contribution in [1.82, 2.24) is 0 Å². The van der Waals surface area contributed by atoms with Crippen LogP contribution in [0.3, 0.4) is 0 Å². The summed E-state index contributed by atoms with van der Waals surface area (Å²) in [4.78, 5) is 2.21. The van der Waals surface area contributed by atoms with Gasteiger partial charge in [0.05, 0.1) is 11.4 Å². The number of aryl methyl sites for hydroxylation is 1. The highest BCUT2D eigenvalue weighted by Crippen LogP contribution is 2.28. The van der Waals surface area contributed by atoms with Crippen LogP contribution in [0.15, 0.2) is 12.1 Å². The SMILES string of the molecule is CCCCN(CCCC)c1ccc(C)c(F)c1N. The molecule has 0 atom stereocenters. The van der Waals surface area contributed by atoms with Gasteiger partial charge in [0.1, 0.15) is 0 Å². The van der Waals surface area contributed by atoms with Crippen molar-refractivity contribution >= 4 is 11.4 Å². The van der Waals surface area contributed by atoms with Crippen LogP contribution in [0.2, 0.25) is 0 Å². The monoisotopic (exact) mass is 252 g/mol. The van der Waals surface area contributed by atoms with Crippen molar-refractivity contribution in [3.63, 3.8) is 0 Å². The Bertz CT molecular complexity index is 369. The molecule has 1 aromatic rings. The zero-order valence-electron chi connectivity index (χ0n) is 11.8. The maximum absolute atomic E-state index is 13.8. The van der Waals surface area contributed by atoms with Gasteiger partial charge < -0.3 is 10.6 Å². The lowest BCUT2D eigenvalue weighted by molar-refractivity contribution is 0.620. The van der Waals surface area contributed by atoms with E-state index in [9.17, 15) is 4.39 Å². The summed E-state index contributed by atoms with van der Waals surface area (Å²) in [6, 6.07) is 3.75. The average Bonchev–Trinajstić information content (AvgIpc) is 2.37. The van der Waals surface area contributed by atoms with E-state index in [1.54, 1.807) is 6.92 Å². The van der Waals surface area contributed by atoms with Crippen molar-refractivity contribution in [2.75, 3.05) is 23.7 Å². The highest BCUT2D eigenvalue weighted by molar-refractivity contribution is 5.69. The summed E-state index contributed by atoms with van der Waals surface area (Å²) < 4.78 is 13.8. The summed E-state index contributed by atoms with van der Waals surface area (Å²) >= 11 is 0. The summed E-state index contributed by atoms with van der Waals surface area (Å²) in [5.74, 6) is -0.273. The van der Waals surface area contributed by atoms with Crippen LogP contribution in [0, 0.1) is 12.7 Å². The van der Waals surface area contributed by atoms with Gasteiger partial charge in [0.25, 0.3) is 0 Å². The third-order valence-electron chi connectivity index (χ3n) is 3.25. The molecule has 18 heavy (non-hydrogen) atoms. The van der Waals surface area contributed by atoms with Crippen molar-refractivity contribution in [3.8, 4) is 0 Å². The van der Waals surface area contributed by atoms with Gasteiger partial charge in [0.2, 0.25) is 0 Å². The lowest BCUT2D eigenvalue weighted by Gasteiger charge is -2.26. The minimum atomic E-state index is -0.273. The van der Waals surface area contributed by atoms with Gasteiger partial charge in [-0.05, 0) is 31.4 Å². The molecule has 102 valence electrons. The molecule has 2 N–H and O–H groups in total. The minimum Gasteiger partial charge on any atom is -0.395 e. The maximum Gasteiger partial charge on any atom is 0.151 e. The normalized spacial score (nSPS) is 10.7. The van der Waals surface area contributed by atoms with Gasteiger partial charge in [-0.15, -0.1) is 0 Å². The van der Waals surface area contributed by atoms with E-state index in [0.717, 1.165) is 44.5 Å². The number of unbranched alkanes of at least 4 members (excludes halogenated alkanes) is 2. The van der Waals surface area contributed by atoms with Gasteiger partial charge in [0.15, 0.2) is 5.82 Å². The fourth-order valence-corrected chi connectivity index (χ4v) is 2.02. The first-order valence-electron chi connectivity index (χ1n) is 6.91. The predicted octanol–water partition coefficient (Wildman–Crippen LogP) is 4.12.